The van der Waals surface area contributed by atoms with E-state index in [0.717, 1.165) is 28.0 Å². The number of amides is 4. The van der Waals surface area contributed by atoms with Gasteiger partial charge in [-0.05, 0) is 6.92 Å². The number of carbonyl (C=O) groups is 7. The van der Waals surface area contributed by atoms with Gasteiger partial charge in [-0.1, -0.05) is 5.16 Å². The van der Waals surface area contributed by atoms with Crippen molar-refractivity contribution in [3.05, 3.63) is 22.3 Å². The normalized spacial score (nSPS) is 18.3. The third-order valence-corrected chi connectivity index (χ3v) is 7.37. The number of hydrogen-bond acceptors (Lipinski definition) is 13. The molecule has 214 valence electrons. The van der Waals surface area contributed by atoms with Crippen LogP contribution in [0.4, 0.5) is 5.13 Å². The summed E-state index contributed by atoms with van der Waals surface area (Å²) >= 11 is 7.50. The van der Waals surface area contributed by atoms with Gasteiger partial charge in [0, 0.05) is 16.7 Å². The minimum absolute atomic E-state index is 0.0498. The summed E-state index contributed by atoms with van der Waals surface area (Å²) in [6.07, 6.45) is -0.477. The summed E-state index contributed by atoms with van der Waals surface area (Å²) in [5.41, 5.74) is 4.24. The number of hydrogen-bond donors (Lipinski definition) is 4. The van der Waals surface area contributed by atoms with Crippen molar-refractivity contribution >= 4 is 86.9 Å². The van der Waals surface area contributed by atoms with Gasteiger partial charge >= 0.3 is 11.9 Å². The quantitative estimate of drug-likeness (QED) is 0.0510. The molecule has 40 heavy (non-hydrogen) atoms. The minimum atomic E-state index is -1.45. The van der Waals surface area contributed by atoms with Crippen LogP contribution in [0.15, 0.2) is 21.8 Å². The van der Waals surface area contributed by atoms with Crippen molar-refractivity contribution in [1.29, 1.82) is 0 Å². The number of alkyl halides is 1. The molecule has 16 nitrogen and oxygen atoms in total. The first-order valence-electron chi connectivity index (χ1n) is 11.1. The van der Waals surface area contributed by atoms with E-state index in [1.165, 1.54) is 12.3 Å². The topological polar surface area (TPSA) is 237 Å². The number of primary amides is 1. The molecule has 1 aromatic heterocycles. The highest BCUT2D eigenvalue weighted by molar-refractivity contribution is 8.00. The zero-order chi connectivity index (χ0) is 29.6. The SMILES string of the molecule is CC(=O)CC(=O)OCC1=C(C(=O)O)N2C(=O)[C@@H](NC(=O)/C(=N/OCC(N)=O)c3csc(NC(=O)CCl)n3)[C@H]2SC1. The second kappa shape index (κ2) is 13.4. The van der Waals surface area contributed by atoms with Crippen LogP contribution in [0.3, 0.4) is 0 Å². The van der Waals surface area contributed by atoms with Crippen molar-refractivity contribution < 1.29 is 48.2 Å². The van der Waals surface area contributed by atoms with Crippen LogP contribution in [-0.4, -0.2) is 98.3 Å². The first kappa shape index (κ1) is 30.5. The summed E-state index contributed by atoms with van der Waals surface area (Å²) in [4.78, 5) is 93.2. The van der Waals surface area contributed by atoms with Crippen molar-refractivity contribution in [1.82, 2.24) is 15.2 Å². The van der Waals surface area contributed by atoms with E-state index in [9.17, 15) is 38.7 Å². The maximum atomic E-state index is 13.1. The Hall–Kier alpha value is -4.03. The Bertz CT molecular complexity index is 1330. The van der Waals surface area contributed by atoms with Crippen LogP contribution < -0.4 is 16.4 Å². The molecule has 2 aliphatic rings. The van der Waals surface area contributed by atoms with Crippen LogP contribution in [-0.2, 0) is 43.1 Å². The number of carboxylic acid groups (broad SMARTS) is 1. The van der Waals surface area contributed by atoms with Gasteiger partial charge in [-0.3, -0.25) is 33.7 Å². The van der Waals surface area contributed by atoms with Crippen LogP contribution in [0, 0.1) is 0 Å². The summed E-state index contributed by atoms with van der Waals surface area (Å²) in [6, 6.07) is -1.18. The number of anilines is 1. The number of aromatic nitrogens is 1. The monoisotopic (exact) mass is 616 g/mol. The smallest absolute Gasteiger partial charge is 0.352 e. The number of ketones is 1. The summed E-state index contributed by atoms with van der Waals surface area (Å²) in [7, 11) is 0. The average molecular weight is 617 g/mol. The Balaban J connectivity index is 1.76. The second-order valence-electron chi connectivity index (χ2n) is 8.06. The lowest BCUT2D eigenvalue weighted by Gasteiger charge is -2.49. The fourth-order valence-electron chi connectivity index (χ4n) is 3.38. The highest BCUT2D eigenvalue weighted by Crippen LogP contribution is 2.40. The molecule has 3 heterocycles. The van der Waals surface area contributed by atoms with Crippen LogP contribution in [0.25, 0.3) is 0 Å². The molecule has 0 bridgehead atoms. The van der Waals surface area contributed by atoms with Crippen LogP contribution in [0.2, 0.25) is 0 Å². The number of carbonyl (C=O) groups excluding carboxylic acids is 6. The molecule has 0 radical (unpaired) electrons. The molecule has 0 spiro atoms. The highest BCUT2D eigenvalue weighted by Gasteiger charge is 2.54. The zero-order valence-electron chi connectivity index (χ0n) is 20.5. The highest BCUT2D eigenvalue weighted by atomic mass is 35.5. The Labute approximate surface area is 238 Å². The summed E-state index contributed by atoms with van der Waals surface area (Å²) < 4.78 is 4.97. The predicted octanol–water partition coefficient (Wildman–Crippen LogP) is -1.21. The number of Topliss-reactive ketones (excluding diaryl/α,β-unsaturated/α-hetero) is 1. The molecule has 4 amide bonds. The number of ether oxygens (including phenoxy) is 1. The average Bonchev–Trinajstić information content (AvgIpc) is 3.34. The molecule has 0 saturated carbocycles. The second-order valence-corrected chi connectivity index (χ2v) is 10.3. The number of rotatable bonds is 13. The van der Waals surface area contributed by atoms with Gasteiger partial charge in [0.1, 0.15) is 47.5 Å². The Morgan fingerprint density at radius 1 is 1.30 bits per heavy atom. The molecule has 5 N–H and O–H groups in total. The van der Waals surface area contributed by atoms with Crippen molar-refractivity contribution in [3.8, 4) is 0 Å². The summed E-state index contributed by atoms with van der Waals surface area (Å²) in [5, 5.41) is 18.8. The van der Waals surface area contributed by atoms with Crippen molar-refractivity contribution in [2.45, 2.75) is 24.8 Å². The standard InChI is InChI=1S/C21H21ClN6O10S2/c1-8(29)2-13(32)37-4-9-6-39-19-15(18(34)28(19)16(9)20(35)36)26-17(33)14(27-38-5-11(23)30)10-7-40-21(24-10)25-12(31)3-22/h7,15,19H,2-6H2,1H3,(H2,23,30)(H,26,33)(H,35,36)(H,24,25,31)/b27-14+/t15-,19-/m1/s1. The molecule has 3 rings (SSSR count). The molecular weight excluding hydrogens is 596 g/mol. The van der Waals surface area contributed by atoms with E-state index >= 15 is 0 Å². The van der Waals surface area contributed by atoms with Gasteiger partial charge in [-0.2, -0.15) is 0 Å². The Morgan fingerprint density at radius 3 is 2.65 bits per heavy atom. The van der Waals surface area contributed by atoms with Gasteiger partial charge < -0.3 is 31.0 Å². The minimum Gasteiger partial charge on any atom is -0.477 e. The summed E-state index contributed by atoms with van der Waals surface area (Å²) in [5.74, 6) is -6.15. The number of fused-ring (bicyclic) bond motifs is 1. The molecule has 1 aromatic rings. The number of aliphatic carboxylic acids is 1. The maximum absolute atomic E-state index is 13.1. The van der Waals surface area contributed by atoms with Crippen LogP contribution in [0.1, 0.15) is 19.0 Å². The lowest BCUT2D eigenvalue weighted by atomic mass is 10.0. The number of carboxylic acids is 1. The molecule has 2 aliphatic heterocycles. The van der Waals surface area contributed by atoms with E-state index < -0.39 is 83.8 Å². The van der Waals surface area contributed by atoms with Gasteiger partial charge in [0.15, 0.2) is 17.5 Å². The van der Waals surface area contributed by atoms with Gasteiger partial charge in [0.2, 0.25) is 5.91 Å². The van der Waals surface area contributed by atoms with Crippen molar-refractivity contribution in [2.75, 3.05) is 30.2 Å². The van der Waals surface area contributed by atoms with E-state index in [1.54, 1.807) is 0 Å². The van der Waals surface area contributed by atoms with Gasteiger partial charge in [-0.25, -0.2) is 9.78 Å². The van der Waals surface area contributed by atoms with E-state index in [0.29, 0.717) is 0 Å². The van der Waals surface area contributed by atoms with E-state index in [4.69, 9.17) is 26.9 Å². The lowest BCUT2D eigenvalue weighted by molar-refractivity contribution is -0.150. The molecule has 0 unspecified atom stereocenters. The number of oxime groups is 1. The van der Waals surface area contributed by atoms with E-state index in [-0.39, 0.29) is 28.0 Å². The largest absolute Gasteiger partial charge is 0.477 e. The number of esters is 1. The third kappa shape index (κ3) is 7.33. The van der Waals surface area contributed by atoms with Crippen LogP contribution in [0.5, 0.6) is 0 Å². The predicted molar refractivity (Wildman–Crippen MR) is 139 cm³/mol. The molecular formula is C21H21ClN6O10S2. The van der Waals surface area contributed by atoms with E-state index in [2.05, 4.69) is 20.8 Å². The van der Waals surface area contributed by atoms with Gasteiger partial charge in [0.25, 0.3) is 17.7 Å². The number of nitrogens with zero attached hydrogens (tertiary/aromatic N) is 3. The first-order chi connectivity index (χ1) is 18.9. The van der Waals surface area contributed by atoms with Gasteiger partial charge in [-0.15, -0.1) is 34.7 Å². The number of nitrogens with one attached hydrogen (secondary N) is 2. The molecule has 19 heteroatoms. The number of thiazole rings is 1. The molecule has 2 atom stereocenters. The third-order valence-electron chi connectivity index (χ3n) is 5.03. The number of thioether (sulfide) groups is 1. The van der Waals surface area contributed by atoms with Crippen molar-refractivity contribution in [3.63, 3.8) is 0 Å². The van der Waals surface area contributed by atoms with Crippen molar-refractivity contribution in [2.24, 2.45) is 10.9 Å². The number of halogens is 1. The lowest BCUT2D eigenvalue weighted by Crippen LogP contribution is -2.71. The fourth-order valence-corrected chi connectivity index (χ4v) is 5.49. The van der Waals surface area contributed by atoms with Gasteiger partial charge in [0.05, 0.1) is 0 Å². The maximum Gasteiger partial charge on any atom is 0.352 e. The summed E-state index contributed by atoms with van der Waals surface area (Å²) in [6.45, 7) is 0.0941. The number of nitrogens with two attached hydrogens (primary N) is 1. The zero-order valence-corrected chi connectivity index (χ0v) is 22.9. The Kier molecular flexibility index (Phi) is 10.2. The van der Waals surface area contributed by atoms with E-state index in [1.807, 2.05) is 0 Å². The fraction of sp³-hybridized carbons (Fsp3) is 0.381. The molecule has 1 saturated heterocycles. The molecule has 0 aliphatic carbocycles. The number of β-lactam (4-membered cyclic amide) rings is 1. The Morgan fingerprint density at radius 2 is 2.02 bits per heavy atom. The first-order valence-corrected chi connectivity index (χ1v) is 13.5. The molecule has 0 aromatic carbocycles. The van der Waals surface area contributed by atoms with Crippen LogP contribution >= 0.6 is 34.7 Å². The molecule has 1 fully saturated rings.